The summed E-state index contributed by atoms with van der Waals surface area (Å²) >= 11 is 0. The summed E-state index contributed by atoms with van der Waals surface area (Å²) in [6, 6.07) is 23.4. The number of aromatic hydroxyl groups is 1. The molecule has 3 aromatic carbocycles. The van der Waals surface area contributed by atoms with Crippen LogP contribution in [0.3, 0.4) is 0 Å². The van der Waals surface area contributed by atoms with E-state index in [1.807, 2.05) is 59.5 Å². The zero-order chi connectivity index (χ0) is 25.4. The Morgan fingerprint density at radius 3 is 2.28 bits per heavy atom. The number of primary amides is 1. The minimum absolute atomic E-state index is 0.0446. The molecule has 5 aromatic rings. The molecule has 3 N–H and O–H groups in total. The normalized spacial score (nSPS) is 11.9. The first-order valence-electron chi connectivity index (χ1n) is 11.2. The first-order chi connectivity index (χ1) is 17.3. The number of nitrogens with zero attached hydrogens (tertiary/aromatic N) is 4. The van der Waals surface area contributed by atoms with Crippen molar-refractivity contribution in [3.05, 3.63) is 106 Å². The van der Waals surface area contributed by atoms with Crippen molar-refractivity contribution >= 4 is 23.0 Å². The maximum absolute atomic E-state index is 13.0. The first-order valence-corrected chi connectivity index (χ1v) is 11.2. The lowest BCUT2D eigenvalue weighted by Crippen LogP contribution is -2.32. The Hall–Kier alpha value is -4.92. The molecule has 1 unspecified atom stereocenters. The number of nitrogens with two attached hydrogens (primary N) is 1. The Kier molecular flexibility index (Phi) is 5.73. The monoisotopic (exact) mass is 481 g/mol. The Morgan fingerprint density at radius 2 is 1.61 bits per heavy atom. The van der Waals surface area contributed by atoms with E-state index in [0.717, 1.165) is 11.1 Å². The Labute approximate surface area is 206 Å². The van der Waals surface area contributed by atoms with Gasteiger partial charge in [-0.1, -0.05) is 54.6 Å². The van der Waals surface area contributed by atoms with Gasteiger partial charge in [-0.15, -0.1) is 0 Å². The van der Waals surface area contributed by atoms with Gasteiger partial charge >= 0.3 is 0 Å². The van der Waals surface area contributed by atoms with E-state index in [4.69, 9.17) is 10.2 Å². The topological polar surface area (TPSA) is 127 Å². The molecule has 9 nitrogen and oxygen atoms in total. The summed E-state index contributed by atoms with van der Waals surface area (Å²) in [5.74, 6) is -0.744. The van der Waals surface area contributed by atoms with Crippen LogP contribution in [-0.4, -0.2) is 32.6 Å². The fourth-order valence-corrected chi connectivity index (χ4v) is 4.24. The summed E-state index contributed by atoms with van der Waals surface area (Å²) in [7, 11) is 3.34. The van der Waals surface area contributed by atoms with Gasteiger partial charge in [0, 0.05) is 19.7 Å². The molecule has 1 atom stereocenters. The van der Waals surface area contributed by atoms with E-state index in [2.05, 4.69) is 9.97 Å². The molecule has 0 saturated carbocycles. The summed E-state index contributed by atoms with van der Waals surface area (Å²) in [5, 5.41) is 10.7. The third-order valence-corrected chi connectivity index (χ3v) is 6.07. The van der Waals surface area contributed by atoms with Gasteiger partial charge < -0.3 is 20.2 Å². The number of benzene rings is 3. The number of fused-ring (bicyclic) bond motifs is 1. The summed E-state index contributed by atoms with van der Waals surface area (Å²) in [5.41, 5.74) is 7.99. The highest BCUT2D eigenvalue weighted by atomic mass is 16.4. The van der Waals surface area contributed by atoms with Gasteiger partial charge in [-0.05, 0) is 35.4 Å². The van der Waals surface area contributed by atoms with Crippen LogP contribution in [-0.2, 0) is 7.05 Å². The molecular weight excluding hydrogens is 458 g/mol. The van der Waals surface area contributed by atoms with E-state index in [9.17, 15) is 14.7 Å². The van der Waals surface area contributed by atoms with Gasteiger partial charge in [0.2, 0.25) is 17.6 Å². The summed E-state index contributed by atoms with van der Waals surface area (Å²) in [6.45, 7) is 0. The smallest absolute Gasteiger partial charge is 0.297 e. The van der Waals surface area contributed by atoms with Gasteiger partial charge in [-0.25, -0.2) is 9.97 Å². The predicted molar refractivity (Wildman–Crippen MR) is 136 cm³/mol. The molecule has 36 heavy (non-hydrogen) atoms. The molecule has 2 aromatic heterocycles. The number of aromatic nitrogens is 3. The van der Waals surface area contributed by atoms with E-state index in [-0.39, 0.29) is 23.6 Å². The zero-order valence-corrected chi connectivity index (χ0v) is 19.6. The van der Waals surface area contributed by atoms with Crippen LogP contribution in [0.2, 0.25) is 0 Å². The van der Waals surface area contributed by atoms with Crippen LogP contribution in [0.15, 0.2) is 88.1 Å². The van der Waals surface area contributed by atoms with Crippen LogP contribution in [0.4, 0.5) is 5.95 Å². The van der Waals surface area contributed by atoms with Crippen LogP contribution in [0, 0.1) is 0 Å². The number of oxazole rings is 1. The van der Waals surface area contributed by atoms with Gasteiger partial charge in [0.05, 0.1) is 6.04 Å². The number of anilines is 1. The zero-order valence-electron chi connectivity index (χ0n) is 19.6. The second kappa shape index (κ2) is 9.03. The molecule has 0 bridgehead atoms. The van der Waals surface area contributed by atoms with Gasteiger partial charge in [-0.2, -0.15) is 0 Å². The largest absolute Gasteiger partial charge is 0.501 e. The second-order valence-corrected chi connectivity index (χ2v) is 8.37. The van der Waals surface area contributed by atoms with Gasteiger partial charge in [0.15, 0.2) is 11.3 Å². The highest BCUT2D eigenvalue weighted by Gasteiger charge is 2.27. The third kappa shape index (κ3) is 3.96. The molecule has 2 heterocycles. The van der Waals surface area contributed by atoms with Crippen LogP contribution < -0.4 is 16.2 Å². The van der Waals surface area contributed by atoms with E-state index < -0.39 is 17.2 Å². The minimum Gasteiger partial charge on any atom is -0.501 e. The van der Waals surface area contributed by atoms with Crippen molar-refractivity contribution in [1.29, 1.82) is 0 Å². The SMILES string of the molecule is CN(c1nc(-c2nc3ccccc3o2)c(O)c(=O)n1C)C(c1ccccc1)c1ccc(C(N)=O)cc1. The van der Waals surface area contributed by atoms with Gasteiger partial charge in [-0.3, -0.25) is 14.2 Å². The van der Waals surface area contributed by atoms with E-state index in [1.165, 1.54) is 11.6 Å². The van der Waals surface area contributed by atoms with E-state index in [1.54, 1.807) is 31.3 Å². The quantitative estimate of drug-likeness (QED) is 0.379. The maximum Gasteiger partial charge on any atom is 0.297 e. The number of hydrogen-bond acceptors (Lipinski definition) is 7. The van der Waals surface area contributed by atoms with Crippen molar-refractivity contribution in [1.82, 2.24) is 14.5 Å². The van der Waals surface area contributed by atoms with Crippen molar-refractivity contribution in [3.63, 3.8) is 0 Å². The number of rotatable bonds is 6. The van der Waals surface area contributed by atoms with Gasteiger partial charge in [0.25, 0.3) is 11.4 Å². The van der Waals surface area contributed by atoms with Gasteiger partial charge in [0.1, 0.15) is 5.52 Å². The second-order valence-electron chi connectivity index (χ2n) is 8.37. The fourth-order valence-electron chi connectivity index (χ4n) is 4.24. The van der Waals surface area contributed by atoms with Crippen molar-refractivity contribution in [2.24, 2.45) is 12.8 Å². The maximum atomic E-state index is 13.0. The minimum atomic E-state index is -0.639. The van der Waals surface area contributed by atoms with E-state index in [0.29, 0.717) is 16.7 Å². The fraction of sp³-hybridized carbons (Fsp3) is 0.111. The molecule has 9 heteroatoms. The molecule has 0 aliphatic carbocycles. The molecule has 0 aliphatic heterocycles. The van der Waals surface area contributed by atoms with Crippen LogP contribution in [0.25, 0.3) is 22.7 Å². The predicted octanol–water partition coefficient (Wildman–Crippen LogP) is 3.62. The van der Waals surface area contributed by atoms with Crippen LogP contribution in [0.1, 0.15) is 27.5 Å². The first kappa shape index (κ1) is 22.9. The summed E-state index contributed by atoms with van der Waals surface area (Å²) in [4.78, 5) is 35.5. The van der Waals surface area contributed by atoms with E-state index >= 15 is 0 Å². The van der Waals surface area contributed by atoms with Crippen molar-refractivity contribution in [2.75, 3.05) is 11.9 Å². The Balaban J connectivity index is 1.66. The van der Waals surface area contributed by atoms with Crippen molar-refractivity contribution in [2.45, 2.75) is 6.04 Å². The molecule has 0 radical (unpaired) electrons. The summed E-state index contributed by atoms with van der Waals surface area (Å²) < 4.78 is 7.06. The molecule has 0 spiro atoms. The Bertz CT molecular complexity index is 1590. The number of para-hydroxylation sites is 2. The highest BCUT2D eigenvalue weighted by molar-refractivity contribution is 5.92. The number of carbonyl (C=O) groups is 1. The lowest BCUT2D eigenvalue weighted by atomic mass is 9.96. The Morgan fingerprint density at radius 1 is 0.972 bits per heavy atom. The molecule has 0 fully saturated rings. The third-order valence-electron chi connectivity index (χ3n) is 6.07. The molecule has 5 rings (SSSR count). The summed E-state index contributed by atoms with van der Waals surface area (Å²) in [6.07, 6.45) is 0. The van der Waals surface area contributed by atoms with Crippen LogP contribution in [0.5, 0.6) is 5.75 Å². The molecule has 180 valence electrons. The highest BCUT2D eigenvalue weighted by Crippen LogP contribution is 2.33. The molecule has 0 aliphatic rings. The number of amides is 1. The molecule has 0 saturated heterocycles. The number of carbonyl (C=O) groups excluding carboxylic acids is 1. The van der Waals surface area contributed by atoms with Crippen molar-refractivity contribution < 1.29 is 14.3 Å². The average molecular weight is 482 g/mol. The van der Waals surface area contributed by atoms with Crippen molar-refractivity contribution in [3.8, 4) is 17.3 Å². The lowest BCUT2D eigenvalue weighted by Gasteiger charge is -2.31. The standard InChI is InChI=1S/C27H23N5O4/c1-31(22(16-8-4-3-5-9-16)17-12-14-18(15-13-17)24(28)34)27-30-21(23(33)26(35)32(27)2)25-29-19-10-6-7-11-20(19)36-25/h3-15,22,33H,1-2H3,(H2,28,34). The van der Waals surface area contributed by atoms with Crippen LogP contribution >= 0.6 is 0 Å². The lowest BCUT2D eigenvalue weighted by molar-refractivity contribution is 0.1000. The average Bonchev–Trinajstić information content (AvgIpc) is 3.32. The molecular formula is C27H23N5O4. The molecule has 1 amide bonds. The number of hydrogen-bond donors (Lipinski definition) is 2.